The molecule has 1 aromatic heterocycles. The molecule has 0 spiro atoms. The van der Waals surface area contributed by atoms with Crippen molar-refractivity contribution in [3.05, 3.63) is 18.2 Å². The average molecular weight is 269 g/mol. The predicted octanol–water partition coefficient (Wildman–Crippen LogP) is 2.00. The molecular formula is C14H27N3O2. The molecule has 1 heterocycles. The van der Waals surface area contributed by atoms with E-state index in [1.807, 2.05) is 12.5 Å². The fraction of sp³-hybridized carbons (Fsp3) is 0.786. The van der Waals surface area contributed by atoms with E-state index in [1.165, 1.54) is 5.69 Å². The standard InChI is InChI=1S/C14H27N3O2/c1-13(2)17-12-16-11-14(17)10-15-6-4-5-7-19-9-8-18-3/h11-13,15H,4-10H2,1-3H3. The largest absolute Gasteiger partial charge is 0.382 e. The first-order chi connectivity index (χ1) is 9.25. The predicted molar refractivity (Wildman–Crippen MR) is 76.2 cm³/mol. The summed E-state index contributed by atoms with van der Waals surface area (Å²) < 4.78 is 12.5. The van der Waals surface area contributed by atoms with Gasteiger partial charge in [-0.25, -0.2) is 4.98 Å². The van der Waals surface area contributed by atoms with Crippen LogP contribution in [0.25, 0.3) is 0 Å². The fourth-order valence-corrected chi connectivity index (χ4v) is 1.85. The summed E-state index contributed by atoms with van der Waals surface area (Å²) in [7, 11) is 1.69. The molecule has 5 nitrogen and oxygen atoms in total. The van der Waals surface area contributed by atoms with Gasteiger partial charge in [-0.1, -0.05) is 0 Å². The number of hydrogen-bond donors (Lipinski definition) is 1. The minimum absolute atomic E-state index is 0.466. The zero-order chi connectivity index (χ0) is 13.9. The molecule has 0 aliphatic heterocycles. The van der Waals surface area contributed by atoms with Crippen molar-refractivity contribution in [3.8, 4) is 0 Å². The van der Waals surface area contributed by atoms with Crippen molar-refractivity contribution in [2.24, 2.45) is 0 Å². The van der Waals surface area contributed by atoms with Crippen LogP contribution in [0.3, 0.4) is 0 Å². The summed E-state index contributed by atoms with van der Waals surface area (Å²) in [5, 5.41) is 3.44. The topological polar surface area (TPSA) is 48.3 Å². The maximum atomic E-state index is 5.41. The number of nitrogens with one attached hydrogen (secondary N) is 1. The van der Waals surface area contributed by atoms with E-state index in [0.717, 1.165) is 32.5 Å². The summed E-state index contributed by atoms with van der Waals surface area (Å²) >= 11 is 0. The van der Waals surface area contributed by atoms with E-state index >= 15 is 0 Å². The quantitative estimate of drug-likeness (QED) is 0.624. The molecule has 1 aromatic rings. The molecule has 1 rings (SSSR count). The first kappa shape index (κ1) is 16.1. The van der Waals surface area contributed by atoms with Gasteiger partial charge in [0.1, 0.15) is 0 Å². The molecule has 0 aliphatic carbocycles. The molecule has 0 unspecified atom stereocenters. The molecule has 0 saturated carbocycles. The molecule has 0 amide bonds. The van der Waals surface area contributed by atoms with E-state index in [-0.39, 0.29) is 0 Å². The van der Waals surface area contributed by atoms with E-state index in [0.29, 0.717) is 19.3 Å². The highest BCUT2D eigenvalue weighted by Crippen LogP contribution is 2.08. The lowest BCUT2D eigenvalue weighted by molar-refractivity contribution is 0.0688. The van der Waals surface area contributed by atoms with Crippen molar-refractivity contribution < 1.29 is 9.47 Å². The van der Waals surface area contributed by atoms with Gasteiger partial charge in [0, 0.05) is 32.5 Å². The molecule has 0 bridgehead atoms. The number of rotatable bonds is 11. The molecule has 0 fully saturated rings. The van der Waals surface area contributed by atoms with E-state index in [4.69, 9.17) is 9.47 Å². The molecule has 0 aliphatic rings. The van der Waals surface area contributed by atoms with Crippen LogP contribution in [-0.2, 0) is 16.0 Å². The summed E-state index contributed by atoms with van der Waals surface area (Å²) in [6.07, 6.45) is 6.04. The Hall–Kier alpha value is -0.910. The summed E-state index contributed by atoms with van der Waals surface area (Å²) in [4.78, 5) is 4.19. The Labute approximate surface area is 116 Å². The third-order valence-corrected chi connectivity index (χ3v) is 2.93. The second-order valence-corrected chi connectivity index (χ2v) is 4.88. The summed E-state index contributed by atoms with van der Waals surface area (Å²) in [6, 6.07) is 0.466. The van der Waals surface area contributed by atoms with Crippen LogP contribution >= 0.6 is 0 Å². The average Bonchev–Trinajstić information content (AvgIpc) is 2.85. The second-order valence-electron chi connectivity index (χ2n) is 4.88. The first-order valence-electron chi connectivity index (χ1n) is 7.03. The van der Waals surface area contributed by atoms with Crippen molar-refractivity contribution in [1.82, 2.24) is 14.9 Å². The SMILES string of the molecule is COCCOCCCCNCc1cncn1C(C)C. The molecule has 19 heavy (non-hydrogen) atoms. The van der Waals surface area contributed by atoms with Gasteiger partial charge in [0.05, 0.1) is 25.2 Å². The Bertz CT molecular complexity index is 326. The van der Waals surface area contributed by atoms with Gasteiger partial charge >= 0.3 is 0 Å². The maximum absolute atomic E-state index is 5.41. The van der Waals surface area contributed by atoms with E-state index in [1.54, 1.807) is 7.11 Å². The number of unbranched alkanes of at least 4 members (excludes halogenated alkanes) is 1. The maximum Gasteiger partial charge on any atom is 0.0951 e. The van der Waals surface area contributed by atoms with Crippen LogP contribution in [0.5, 0.6) is 0 Å². The van der Waals surface area contributed by atoms with Gasteiger partial charge in [-0.3, -0.25) is 0 Å². The number of aromatic nitrogens is 2. The van der Waals surface area contributed by atoms with Crippen LogP contribution in [-0.4, -0.2) is 43.0 Å². The van der Waals surface area contributed by atoms with Crippen LogP contribution in [0.1, 0.15) is 38.4 Å². The lowest BCUT2D eigenvalue weighted by atomic mass is 10.3. The molecule has 110 valence electrons. The zero-order valence-corrected chi connectivity index (χ0v) is 12.4. The number of hydrogen-bond acceptors (Lipinski definition) is 4. The van der Waals surface area contributed by atoms with Crippen LogP contribution in [0.4, 0.5) is 0 Å². The van der Waals surface area contributed by atoms with Gasteiger partial charge < -0.3 is 19.4 Å². The van der Waals surface area contributed by atoms with Crippen LogP contribution in [0, 0.1) is 0 Å². The van der Waals surface area contributed by atoms with Gasteiger partial charge in [0.2, 0.25) is 0 Å². The molecule has 0 atom stereocenters. The zero-order valence-electron chi connectivity index (χ0n) is 12.4. The fourth-order valence-electron chi connectivity index (χ4n) is 1.85. The molecule has 0 radical (unpaired) electrons. The van der Waals surface area contributed by atoms with E-state index in [9.17, 15) is 0 Å². The molecule has 1 N–H and O–H groups in total. The van der Waals surface area contributed by atoms with Crippen LogP contribution < -0.4 is 5.32 Å². The van der Waals surface area contributed by atoms with E-state index in [2.05, 4.69) is 28.7 Å². The summed E-state index contributed by atoms with van der Waals surface area (Å²) in [6.45, 7) is 8.41. The highest BCUT2D eigenvalue weighted by molar-refractivity contribution is 4.99. The number of imidazole rings is 1. The van der Waals surface area contributed by atoms with Crippen LogP contribution in [0.15, 0.2) is 12.5 Å². The van der Waals surface area contributed by atoms with Crippen LogP contribution in [0.2, 0.25) is 0 Å². The smallest absolute Gasteiger partial charge is 0.0951 e. The lowest BCUT2D eigenvalue weighted by Crippen LogP contribution is -2.18. The minimum Gasteiger partial charge on any atom is -0.382 e. The van der Waals surface area contributed by atoms with Crippen molar-refractivity contribution in [1.29, 1.82) is 0 Å². The number of methoxy groups -OCH3 is 1. The highest BCUT2D eigenvalue weighted by atomic mass is 16.5. The number of ether oxygens (including phenoxy) is 2. The Kier molecular flexibility index (Phi) is 8.45. The van der Waals surface area contributed by atoms with Gasteiger partial charge in [0.15, 0.2) is 0 Å². The van der Waals surface area contributed by atoms with Gasteiger partial charge in [-0.05, 0) is 33.2 Å². The number of nitrogens with zero attached hydrogens (tertiary/aromatic N) is 2. The molecule has 0 aromatic carbocycles. The molecular weight excluding hydrogens is 242 g/mol. The van der Waals surface area contributed by atoms with Crippen molar-refractivity contribution in [2.75, 3.05) is 33.5 Å². The summed E-state index contributed by atoms with van der Waals surface area (Å²) in [5.74, 6) is 0. The minimum atomic E-state index is 0.466. The Morgan fingerprint density at radius 3 is 2.84 bits per heavy atom. The van der Waals surface area contributed by atoms with Gasteiger partial charge in [-0.2, -0.15) is 0 Å². The van der Waals surface area contributed by atoms with Gasteiger partial charge in [0.25, 0.3) is 0 Å². The Morgan fingerprint density at radius 1 is 1.26 bits per heavy atom. The monoisotopic (exact) mass is 269 g/mol. The van der Waals surface area contributed by atoms with Crippen molar-refractivity contribution in [3.63, 3.8) is 0 Å². The second kappa shape index (κ2) is 9.95. The Balaban J connectivity index is 2.00. The van der Waals surface area contributed by atoms with Crippen molar-refractivity contribution >= 4 is 0 Å². The third kappa shape index (κ3) is 6.71. The van der Waals surface area contributed by atoms with E-state index < -0.39 is 0 Å². The highest BCUT2D eigenvalue weighted by Gasteiger charge is 2.04. The normalized spacial score (nSPS) is 11.4. The Morgan fingerprint density at radius 2 is 2.11 bits per heavy atom. The molecule has 5 heteroatoms. The van der Waals surface area contributed by atoms with Gasteiger partial charge in [-0.15, -0.1) is 0 Å². The first-order valence-corrected chi connectivity index (χ1v) is 7.03. The summed E-state index contributed by atoms with van der Waals surface area (Å²) in [5.41, 5.74) is 1.24. The van der Waals surface area contributed by atoms with Crippen molar-refractivity contribution in [2.45, 2.75) is 39.3 Å². The third-order valence-electron chi connectivity index (χ3n) is 2.93. The molecule has 0 saturated heterocycles. The lowest BCUT2D eigenvalue weighted by Gasteiger charge is -2.12.